The van der Waals surface area contributed by atoms with E-state index < -0.39 is 0 Å². The van der Waals surface area contributed by atoms with Gasteiger partial charge in [0, 0.05) is 30.6 Å². The first-order valence-electron chi connectivity index (χ1n) is 8.85. The summed E-state index contributed by atoms with van der Waals surface area (Å²) in [5.41, 5.74) is 8.66. The molecule has 0 unspecified atom stereocenters. The van der Waals surface area contributed by atoms with Crippen LogP contribution in [0.4, 0.5) is 0 Å². The average molecular weight is 349 g/mol. The lowest BCUT2D eigenvalue weighted by atomic mass is 9.95. The summed E-state index contributed by atoms with van der Waals surface area (Å²) >= 11 is 0. The molecule has 2 aromatic carbocycles. The van der Waals surface area contributed by atoms with Gasteiger partial charge in [0.1, 0.15) is 5.75 Å². The molecule has 0 aliphatic carbocycles. The zero-order chi connectivity index (χ0) is 17.9. The molecule has 4 rings (SSSR count). The van der Waals surface area contributed by atoms with Gasteiger partial charge in [-0.1, -0.05) is 30.3 Å². The van der Waals surface area contributed by atoms with Crippen molar-refractivity contribution >= 4 is 0 Å². The molecule has 3 aromatic rings. The lowest BCUT2D eigenvalue weighted by molar-refractivity contribution is 0.287. The maximum atomic E-state index is 6.37. The van der Waals surface area contributed by atoms with E-state index in [-0.39, 0.29) is 6.04 Å². The topological polar surface area (TPSA) is 64.5 Å². The number of oxazole rings is 1. The Bertz CT molecular complexity index is 845. The van der Waals surface area contributed by atoms with Crippen LogP contribution in [0, 0.1) is 0 Å². The zero-order valence-corrected chi connectivity index (χ0v) is 14.8. The molecule has 0 saturated carbocycles. The smallest absolute Gasteiger partial charge is 0.209 e. The minimum atomic E-state index is 0.133. The van der Waals surface area contributed by atoms with E-state index in [1.165, 1.54) is 5.56 Å². The Morgan fingerprint density at radius 1 is 1.12 bits per heavy atom. The largest absolute Gasteiger partial charge is 0.497 e. The molecule has 1 aliphatic rings. The third kappa shape index (κ3) is 3.49. The summed E-state index contributed by atoms with van der Waals surface area (Å²) in [4.78, 5) is 6.75. The van der Waals surface area contributed by atoms with Gasteiger partial charge in [0.2, 0.25) is 5.89 Å². The van der Waals surface area contributed by atoms with Crippen LogP contribution in [0.3, 0.4) is 0 Å². The number of benzene rings is 2. The second-order valence-electron chi connectivity index (χ2n) is 6.72. The van der Waals surface area contributed by atoms with Crippen LogP contribution in [0.1, 0.15) is 17.4 Å². The van der Waals surface area contributed by atoms with Crippen LogP contribution in [-0.4, -0.2) is 36.1 Å². The van der Waals surface area contributed by atoms with Crippen LogP contribution >= 0.6 is 0 Å². The molecule has 1 aliphatic heterocycles. The number of ether oxygens (including phenoxy) is 1. The molecule has 2 atom stereocenters. The van der Waals surface area contributed by atoms with Crippen molar-refractivity contribution in [2.45, 2.75) is 18.5 Å². The molecule has 2 heterocycles. The van der Waals surface area contributed by atoms with Crippen molar-refractivity contribution in [3.05, 3.63) is 72.2 Å². The minimum Gasteiger partial charge on any atom is -0.497 e. The third-order valence-corrected chi connectivity index (χ3v) is 4.96. The summed E-state index contributed by atoms with van der Waals surface area (Å²) in [6, 6.07) is 18.4. The molecule has 0 spiro atoms. The second-order valence-corrected chi connectivity index (χ2v) is 6.72. The second kappa shape index (κ2) is 7.32. The van der Waals surface area contributed by atoms with E-state index in [4.69, 9.17) is 14.9 Å². The molecule has 0 radical (unpaired) electrons. The van der Waals surface area contributed by atoms with Gasteiger partial charge in [-0.2, -0.15) is 0 Å². The van der Waals surface area contributed by atoms with Crippen molar-refractivity contribution in [2.75, 3.05) is 20.2 Å². The maximum Gasteiger partial charge on any atom is 0.209 e. The normalized spacial score (nSPS) is 20.4. The average Bonchev–Trinajstić information content (AvgIpc) is 3.29. The van der Waals surface area contributed by atoms with Crippen LogP contribution < -0.4 is 10.5 Å². The Hall–Kier alpha value is -2.63. The first-order valence-corrected chi connectivity index (χ1v) is 8.85. The Kier molecular flexibility index (Phi) is 4.73. The van der Waals surface area contributed by atoms with E-state index in [1.54, 1.807) is 13.3 Å². The van der Waals surface area contributed by atoms with Crippen molar-refractivity contribution in [3.8, 4) is 17.1 Å². The van der Waals surface area contributed by atoms with Crippen molar-refractivity contribution in [3.63, 3.8) is 0 Å². The summed E-state index contributed by atoms with van der Waals surface area (Å²) < 4.78 is 11.1. The molecule has 5 heteroatoms. The van der Waals surface area contributed by atoms with Gasteiger partial charge in [-0.3, -0.25) is 4.90 Å². The molecule has 1 fully saturated rings. The number of hydrogen-bond donors (Lipinski definition) is 1. The van der Waals surface area contributed by atoms with Gasteiger partial charge in [0.15, 0.2) is 5.76 Å². The van der Waals surface area contributed by atoms with E-state index in [0.717, 1.165) is 36.1 Å². The van der Waals surface area contributed by atoms with E-state index >= 15 is 0 Å². The third-order valence-electron chi connectivity index (χ3n) is 4.96. The number of rotatable bonds is 5. The summed E-state index contributed by atoms with van der Waals surface area (Å²) in [6.07, 6.45) is 1.78. The van der Waals surface area contributed by atoms with Gasteiger partial charge in [-0.05, 0) is 29.8 Å². The highest BCUT2D eigenvalue weighted by Gasteiger charge is 2.31. The standard InChI is InChI=1S/C21H23N3O2/c1-25-17-9-7-16(8-10-17)20-11-23-21(26-20)14-24-12-18(19(22)13-24)15-5-3-2-4-6-15/h2-11,18-19H,12-14,22H2,1H3/t18-,19+/m0/s1. The molecule has 5 nitrogen and oxygen atoms in total. The summed E-state index contributed by atoms with van der Waals surface area (Å²) in [7, 11) is 1.66. The molecule has 1 aromatic heterocycles. The molecule has 0 bridgehead atoms. The first-order chi connectivity index (χ1) is 12.7. The number of nitrogens with two attached hydrogens (primary N) is 1. The van der Waals surface area contributed by atoms with E-state index in [2.05, 4.69) is 34.1 Å². The number of aromatic nitrogens is 1. The molecular formula is C21H23N3O2. The van der Waals surface area contributed by atoms with Crippen LogP contribution in [0.5, 0.6) is 5.75 Å². The molecule has 26 heavy (non-hydrogen) atoms. The van der Waals surface area contributed by atoms with Gasteiger partial charge in [-0.15, -0.1) is 0 Å². The number of methoxy groups -OCH3 is 1. The monoisotopic (exact) mass is 349 g/mol. The molecule has 0 amide bonds. The van der Waals surface area contributed by atoms with Crippen LogP contribution in [0.15, 0.2) is 65.2 Å². The summed E-state index contributed by atoms with van der Waals surface area (Å²) in [5.74, 6) is 2.67. The number of hydrogen-bond acceptors (Lipinski definition) is 5. The predicted octanol–water partition coefficient (Wildman–Crippen LogP) is 3.28. The van der Waals surface area contributed by atoms with Gasteiger partial charge < -0.3 is 14.9 Å². The summed E-state index contributed by atoms with van der Waals surface area (Å²) in [5, 5.41) is 0. The lowest BCUT2D eigenvalue weighted by Crippen LogP contribution is -2.28. The van der Waals surface area contributed by atoms with Crippen molar-refractivity contribution in [1.29, 1.82) is 0 Å². The van der Waals surface area contributed by atoms with E-state index in [0.29, 0.717) is 12.5 Å². The van der Waals surface area contributed by atoms with Gasteiger partial charge in [0.25, 0.3) is 0 Å². The molecular weight excluding hydrogens is 326 g/mol. The lowest BCUT2D eigenvalue weighted by Gasteiger charge is -2.14. The summed E-state index contributed by atoms with van der Waals surface area (Å²) in [6.45, 7) is 2.44. The Balaban J connectivity index is 1.43. The molecule has 2 N–H and O–H groups in total. The highest BCUT2D eigenvalue weighted by Crippen LogP contribution is 2.28. The van der Waals surface area contributed by atoms with Gasteiger partial charge in [0.05, 0.1) is 19.9 Å². The van der Waals surface area contributed by atoms with Crippen molar-refractivity contribution in [1.82, 2.24) is 9.88 Å². The highest BCUT2D eigenvalue weighted by molar-refractivity contribution is 5.57. The number of likely N-dealkylation sites (tertiary alicyclic amines) is 1. The van der Waals surface area contributed by atoms with E-state index in [1.807, 2.05) is 30.3 Å². The predicted molar refractivity (Wildman–Crippen MR) is 101 cm³/mol. The number of nitrogens with zero attached hydrogens (tertiary/aromatic N) is 2. The SMILES string of the molecule is COc1ccc(-c2cnc(CN3C[C@@H](N)[C@H](c4ccccc4)C3)o2)cc1. The van der Waals surface area contributed by atoms with Crippen molar-refractivity contribution in [2.24, 2.45) is 5.73 Å². The zero-order valence-electron chi connectivity index (χ0n) is 14.8. The molecule has 1 saturated heterocycles. The fraction of sp³-hybridized carbons (Fsp3) is 0.286. The van der Waals surface area contributed by atoms with Gasteiger partial charge >= 0.3 is 0 Å². The maximum absolute atomic E-state index is 6.37. The quantitative estimate of drug-likeness (QED) is 0.766. The minimum absolute atomic E-state index is 0.133. The highest BCUT2D eigenvalue weighted by atomic mass is 16.5. The molecule has 134 valence electrons. The Labute approximate surface area is 153 Å². The fourth-order valence-electron chi connectivity index (χ4n) is 3.56. The fourth-order valence-corrected chi connectivity index (χ4v) is 3.56. The van der Waals surface area contributed by atoms with Crippen molar-refractivity contribution < 1.29 is 9.15 Å². The van der Waals surface area contributed by atoms with E-state index in [9.17, 15) is 0 Å². The Morgan fingerprint density at radius 2 is 1.88 bits per heavy atom. The van der Waals surface area contributed by atoms with Crippen LogP contribution in [-0.2, 0) is 6.54 Å². The van der Waals surface area contributed by atoms with Crippen LogP contribution in [0.2, 0.25) is 0 Å². The van der Waals surface area contributed by atoms with Gasteiger partial charge in [-0.25, -0.2) is 4.98 Å². The first kappa shape index (κ1) is 16.8. The van der Waals surface area contributed by atoms with Crippen LogP contribution in [0.25, 0.3) is 11.3 Å². The Morgan fingerprint density at radius 3 is 2.62 bits per heavy atom.